The lowest BCUT2D eigenvalue weighted by atomic mass is 9.90. The summed E-state index contributed by atoms with van der Waals surface area (Å²) < 4.78 is 29.0. The zero-order valence-electron chi connectivity index (χ0n) is 15.9. The molecular weight excluding hydrogens is 373 g/mol. The largest absolute Gasteiger partial charge is 0.480 e. The van der Waals surface area contributed by atoms with E-state index in [1.165, 1.54) is 26.2 Å². The minimum Gasteiger partial charge on any atom is -0.480 e. The highest BCUT2D eigenvalue weighted by Gasteiger charge is 2.43. The Kier molecular flexibility index (Phi) is 6.14. The molecule has 1 aromatic heterocycles. The van der Waals surface area contributed by atoms with E-state index in [1.807, 2.05) is 0 Å². The number of aliphatic carboxylic acids is 1. The number of ether oxygens (including phenoxy) is 1. The third-order valence-corrected chi connectivity index (χ3v) is 6.39. The smallest absolute Gasteiger partial charge is 0.342 e. The van der Waals surface area contributed by atoms with Crippen molar-refractivity contribution < 1.29 is 28.1 Å². The van der Waals surface area contributed by atoms with Crippen LogP contribution in [0.5, 0.6) is 5.75 Å². The molecule has 2 N–H and O–H groups in total. The number of aryl methyl sites for hydroxylation is 1. The molecule has 1 aromatic carbocycles. The molecule has 0 amide bonds. The highest BCUT2D eigenvalue weighted by molar-refractivity contribution is 7.57. The third-order valence-electron chi connectivity index (χ3n) is 4.48. The standard InChI is InChI=1S/C18H24NO7P/c1-11(2)18(4,17(21)22)19-27(23,10-24-5)26-13-6-7-14-12(3)8-16(20)25-15(14)9-13/h6-9,11H,10H2,1-5H3,(H,19,23)(H,21,22)/t18-,27?/m0/s1. The maximum absolute atomic E-state index is 13.3. The normalized spacial score (nSPS) is 16.1. The van der Waals surface area contributed by atoms with E-state index in [0.717, 1.165) is 5.56 Å². The van der Waals surface area contributed by atoms with Gasteiger partial charge in [0.15, 0.2) is 0 Å². The highest BCUT2D eigenvalue weighted by Crippen LogP contribution is 2.46. The molecule has 9 heteroatoms. The van der Waals surface area contributed by atoms with E-state index in [2.05, 4.69) is 5.09 Å². The molecule has 2 aromatic rings. The lowest BCUT2D eigenvalue weighted by Gasteiger charge is -2.34. The molecule has 0 aliphatic heterocycles. The van der Waals surface area contributed by atoms with Crippen molar-refractivity contribution in [2.45, 2.75) is 33.2 Å². The maximum atomic E-state index is 13.3. The fourth-order valence-corrected chi connectivity index (χ4v) is 4.58. The maximum Gasteiger partial charge on any atom is 0.342 e. The van der Waals surface area contributed by atoms with E-state index in [-0.39, 0.29) is 23.6 Å². The van der Waals surface area contributed by atoms with Crippen LogP contribution in [-0.4, -0.2) is 30.1 Å². The topological polar surface area (TPSA) is 115 Å². The average Bonchev–Trinajstić information content (AvgIpc) is 2.53. The summed E-state index contributed by atoms with van der Waals surface area (Å²) in [4.78, 5) is 23.3. The summed E-state index contributed by atoms with van der Waals surface area (Å²) >= 11 is 0. The Hall–Kier alpha value is -2.15. The van der Waals surface area contributed by atoms with E-state index in [9.17, 15) is 19.3 Å². The number of carboxylic acid groups (broad SMARTS) is 1. The summed E-state index contributed by atoms with van der Waals surface area (Å²) in [5.74, 6) is -1.36. The molecule has 8 nitrogen and oxygen atoms in total. The molecular formula is C18H24NO7P. The second-order valence-corrected chi connectivity index (χ2v) is 8.87. The van der Waals surface area contributed by atoms with Crippen LogP contribution in [0.1, 0.15) is 26.3 Å². The fraction of sp³-hybridized carbons (Fsp3) is 0.444. The summed E-state index contributed by atoms with van der Waals surface area (Å²) in [6.45, 7) is 6.62. The van der Waals surface area contributed by atoms with Crippen LogP contribution in [0.4, 0.5) is 0 Å². The Morgan fingerprint density at radius 3 is 2.59 bits per heavy atom. The summed E-state index contributed by atoms with van der Waals surface area (Å²) in [5.41, 5.74) is -0.974. The van der Waals surface area contributed by atoms with Crippen LogP contribution in [0, 0.1) is 12.8 Å². The fourth-order valence-electron chi connectivity index (χ4n) is 2.56. The first kappa shape index (κ1) is 21.2. The van der Waals surface area contributed by atoms with Crippen LogP contribution in [0.3, 0.4) is 0 Å². The first-order valence-corrected chi connectivity index (χ1v) is 10.2. The van der Waals surface area contributed by atoms with Gasteiger partial charge in [-0.1, -0.05) is 13.8 Å². The SMILES string of the molecule is COCP(=O)(N[C@](C)(C(=O)O)C(C)C)Oc1ccc2c(C)cc(=O)oc2c1. The number of methoxy groups -OCH3 is 1. The Balaban J connectivity index is 2.43. The summed E-state index contributed by atoms with van der Waals surface area (Å²) in [6, 6.07) is 6.08. The van der Waals surface area contributed by atoms with Crippen LogP contribution in [0.15, 0.2) is 33.5 Å². The summed E-state index contributed by atoms with van der Waals surface area (Å²) in [5, 5.41) is 12.9. The van der Waals surface area contributed by atoms with Crippen LogP contribution < -0.4 is 15.2 Å². The van der Waals surface area contributed by atoms with Gasteiger partial charge in [0, 0.05) is 24.6 Å². The first-order chi connectivity index (χ1) is 12.5. The van der Waals surface area contributed by atoms with Crippen molar-refractivity contribution in [1.82, 2.24) is 5.09 Å². The Bertz CT molecular complexity index is 952. The molecule has 27 heavy (non-hydrogen) atoms. The van der Waals surface area contributed by atoms with Gasteiger partial charge in [-0.3, -0.25) is 9.36 Å². The first-order valence-electron chi connectivity index (χ1n) is 8.35. The Morgan fingerprint density at radius 1 is 1.37 bits per heavy atom. The van der Waals surface area contributed by atoms with Crippen molar-refractivity contribution in [1.29, 1.82) is 0 Å². The van der Waals surface area contributed by atoms with Crippen molar-refractivity contribution >= 4 is 24.5 Å². The predicted octanol–water partition coefficient (Wildman–Crippen LogP) is 3.37. The molecule has 2 rings (SSSR count). The Morgan fingerprint density at radius 2 is 2.04 bits per heavy atom. The van der Waals surface area contributed by atoms with Gasteiger partial charge in [0.1, 0.15) is 23.2 Å². The molecule has 2 atom stereocenters. The number of benzene rings is 1. The van der Waals surface area contributed by atoms with Crippen molar-refractivity contribution in [3.63, 3.8) is 0 Å². The van der Waals surface area contributed by atoms with Gasteiger partial charge in [-0.05, 0) is 37.5 Å². The van der Waals surface area contributed by atoms with Gasteiger partial charge in [0.2, 0.25) is 0 Å². The van der Waals surface area contributed by atoms with Crippen LogP contribution in [-0.2, 0) is 14.1 Å². The molecule has 0 spiro atoms. The van der Waals surface area contributed by atoms with Gasteiger partial charge in [-0.15, -0.1) is 0 Å². The van der Waals surface area contributed by atoms with Crippen LogP contribution in [0.25, 0.3) is 11.0 Å². The van der Waals surface area contributed by atoms with Crippen molar-refractivity contribution in [3.05, 3.63) is 40.2 Å². The number of hydrogen-bond donors (Lipinski definition) is 2. The van der Waals surface area contributed by atoms with Crippen molar-refractivity contribution in [3.8, 4) is 5.75 Å². The van der Waals surface area contributed by atoms with E-state index in [0.29, 0.717) is 5.39 Å². The van der Waals surface area contributed by atoms with Gasteiger partial charge < -0.3 is 18.8 Å². The molecule has 0 fully saturated rings. The van der Waals surface area contributed by atoms with E-state index < -0.39 is 24.7 Å². The van der Waals surface area contributed by atoms with Crippen molar-refractivity contribution in [2.24, 2.45) is 5.92 Å². The quantitative estimate of drug-likeness (QED) is 0.515. The molecule has 148 valence electrons. The van der Waals surface area contributed by atoms with E-state index >= 15 is 0 Å². The van der Waals surface area contributed by atoms with Gasteiger partial charge in [0.25, 0.3) is 0 Å². The average molecular weight is 397 g/mol. The Labute approximate surface area is 157 Å². The van der Waals surface area contributed by atoms with Gasteiger partial charge in [0.05, 0.1) is 0 Å². The zero-order valence-corrected chi connectivity index (χ0v) is 16.8. The van der Waals surface area contributed by atoms with Gasteiger partial charge >= 0.3 is 19.1 Å². The molecule has 1 unspecified atom stereocenters. The molecule has 1 heterocycles. The molecule has 0 saturated heterocycles. The monoisotopic (exact) mass is 397 g/mol. The molecule has 0 aliphatic rings. The predicted molar refractivity (Wildman–Crippen MR) is 101 cm³/mol. The van der Waals surface area contributed by atoms with Crippen LogP contribution in [0.2, 0.25) is 0 Å². The number of hydrogen-bond acceptors (Lipinski definition) is 6. The van der Waals surface area contributed by atoms with Crippen molar-refractivity contribution in [2.75, 3.05) is 13.5 Å². The molecule has 0 saturated carbocycles. The van der Waals surface area contributed by atoms with Gasteiger partial charge in [-0.2, -0.15) is 0 Å². The lowest BCUT2D eigenvalue weighted by molar-refractivity contribution is -0.145. The minimum absolute atomic E-state index is 0.167. The highest BCUT2D eigenvalue weighted by atomic mass is 31.2. The second kappa shape index (κ2) is 7.84. The number of carboxylic acids is 1. The second-order valence-electron chi connectivity index (χ2n) is 6.86. The molecule has 0 radical (unpaired) electrons. The summed E-state index contributed by atoms with van der Waals surface area (Å²) in [7, 11) is -2.40. The minimum atomic E-state index is -3.75. The van der Waals surface area contributed by atoms with Gasteiger partial charge in [-0.25, -0.2) is 9.88 Å². The number of nitrogens with one attached hydrogen (secondary N) is 1. The number of rotatable bonds is 8. The van der Waals surface area contributed by atoms with E-state index in [1.54, 1.807) is 32.9 Å². The zero-order chi connectivity index (χ0) is 20.4. The molecule has 0 bridgehead atoms. The lowest BCUT2D eigenvalue weighted by Crippen LogP contribution is -2.52. The van der Waals surface area contributed by atoms with E-state index in [4.69, 9.17) is 13.7 Å². The third kappa shape index (κ3) is 4.58. The molecule has 0 aliphatic carbocycles. The van der Waals surface area contributed by atoms with Crippen LogP contribution >= 0.6 is 7.52 Å². The summed E-state index contributed by atoms with van der Waals surface area (Å²) in [6.07, 6.45) is -0.335. The number of fused-ring (bicyclic) bond motifs is 1. The number of carbonyl (C=O) groups is 1.